The zero-order valence-electron chi connectivity index (χ0n) is 24.1. The zero-order valence-corrected chi connectivity index (χ0v) is 25.7. The Bertz CT molecular complexity index is 1450. The molecule has 0 bridgehead atoms. The average molecular weight is 600 g/mol. The number of aryl methyl sites for hydroxylation is 1. The monoisotopic (exact) mass is 599 g/mol. The first-order valence-corrected chi connectivity index (χ1v) is 15.4. The fourth-order valence-corrected chi connectivity index (χ4v) is 5.92. The van der Waals surface area contributed by atoms with Crippen LogP contribution in [-0.4, -0.2) is 50.9 Å². The summed E-state index contributed by atoms with van der Waals surface area (Å²) in [4.78, 5) is 29.0. The molecule has 3 aromatic rings. The number of hydrogen-bond acceptors (Lipinski definition) is 5. The van der Waals surface area contributed by atoms with Crippen molar-refractivity contribution >= 4 is 39.1 Å². The van der Waals surface area contributed by atoms with Gasteiger partial charge in [-0.3, -0.25) is 13.9 Å². The van der Waals surface area contributed by atoms with Gasteiger partial charge in [0, 0.05) is 17.6 Å². The Morgan fingerprint density at radius 2 is 1.66 bits per heavy atom. The van der Waals surface area contributed by atoms with E-state index in [0.717, 1.165) is 21.9 Å². The molecule has 0 saturated heterocycles. The summed E-state index contributed by atoms with van der Waals surface area (Å²) < 4.78 is 34.3. The quantitative estimate of drug-likeness (QED) is 0.277. The van der Waals surface area contributed by atoms with Crippen molar-refractivity contribution in [2.45, 2.75) is 64.1 Å². The first-order valence-electron chi connectivity index (χ1n) is 13.6. The molecule has 8 nitrogen and oxygen atoms in total. The summed E-state index contributed by atoms with van der Waals surface area (Å²) in [5.74, 6) is -0.224. The number of nitrogens with zero attached hydrogens (tertiary/aromatic N) is 2. The number of rotatable bonds is 13. The summed E-state index contributed by atoms with van der Waals surface area (Å²) in [6, 6.07) is 19.1. The van der Waals surface area contributed by atoms with Crippen LogP contribution in [-0.2, 0) is 26.2 Å². The largest absolute Gasteiger partial charge is 0.497 e. The van der Waals surface area contributed by atoms with Crippen LogP contribution in [0.5, 0.6) is 5.75 Å². The predicted molar refractivity (Wildman–Crippen MR) is 163 cm³/mol. The van der Waals surface area contributed by atoms with E-state index in [-0.39, 0.29) is 29.1 Å². The van der Waals surface area contributed by atoms with Crippen molar-refractivity contribution in [3.05, 3.63) is 88.9 Å². The van der Waals surface area contributed by atoms with Gasteiger partial charge in [-0.25, -0.2) is 8.42 Å². The van der Waals surface area contributed by atoms with Crippen molar-refractivity contribution in [2.75, 3.05) is 18.0 Å². The van der Waals surface area contributed by atoms with Gasteiger partial charge in [0.1, 0.15) is 18.3 Å². The highest BCUT2D eigenvalue weighted by Crippen LogP contribution is 2.27. The third-order valence-corrected chi connectivity index (χ3v) is 8.88. The van der Waals surface area contributed by atoms with Crippen LogP contribution in [0.1, 0.15) is 44.7 Å². The Morgan fingerprint density at radius 1 is 0.976 bits per heavy atom. The molecular formula is C31H38ClN3O5S. The van der Waals surface area contributed by atoms with Crippen molar-refractivity contribution < 1.29 is 22.7 Å². The van der Waals surface area contributed by atoms with Gasteiger partial charge < -0.3 is 15.0 Å². The van der Waals surface area contributed by atoms with Crippen LogP contribution in [0.3, 0.4) is 0 Å². The lowest BCUT2D eigenvalue weighted by Crippen LogP contribution is -2.53. The van der Waals surface area contributed by atoms with Crippen LogP contribution < -0.4 is 14.4 Å². The first-order chi connectivity index (χ1) is 19.5. The Morgan fingerprint density at radius 3 is 2.27 bits per heavy atom. The average Bonchev–Trinajstić information content (AvgIpc) is 2.95. The number of hydrogen-bond donors (Lipinski definition) is 1. The van der Waals surface area contributed by atoms with Crippen LogP contribution in [0, 0.1) is 6.92 Å². The van der Waals surface area contributed by atoms with Gasteiger partial charge in [-0.2, -0.15) is 0 Å². The Labute approximate surface area is 248 Å². The molecule has 41 heavy (non-hydrogen) atoms. The standard InChI is InChI=1S/C31H38ClN3O5S/c1-6-23(4)33-31(37)29(7-2)34(20-24-10-8-13-27(18-24)40-5)30(36)21-35(26-12-9-11-25(32)19-26)41(38,39)28-16-14-22(3)15-17-28/h8-19,23,29H,6-7,20-21H2,1-5H3,(H,33,37)/t23-,29+/m1/s1. The van der Waals surface area contributed by atoms with Gasteiger partial charge >= 0.3 is 0 Å². The lowest BCUT2D eigenvalue weighted by Gasteiger charge is -2.33. The topological polar surface area (TPSA) is 96.0 Å². The van der Waals surface area contributed by atoms with Crippen LogP contribution in [0.15, 0.2) is 77.7 Å². The second kappa shape index (κ2) is 14.4. The minimum atomic E-state index is -4.17. The molecule has 0 radical (unpaired) electrons. The molecule has 0 spiro atoms. The van der Waals surface area contributed by atoms with Gasteiger partial charge in [0.25, 0.3) is 10.0 Å². The van der Waals surface area contributed by atoms with Gasteiger partial charge in [0.2, 0.25) is 11.8 Å². The molecule has 220 valence electrons. The highest BCUT2D eigenvalue weighted by molar-refractivity contribution is 7.92. The van der Waals surface area contributed by atoms with Crippen LogP contribution in [0.4, 0.5) is 5.69 Å². The maximum absolute atomic E-state index is 14.1. The second-order valence-electron chi connectivity index (χ2n) is 9.92. The fraction of sp³-hybridized carbons (Fsp3) is 0.355. The fourth-order valence-electron chi connectivity index (χ4n) is 4.33. The molecule has 2 atom stereocenters. The number of sulfonamides is 1. The van der Waals surface area contributed by atoms with E-state index in [0.29, 0.717) is 17.2 Å². The first kappa shape index (κ1) is 32.0. The molecule has 0 saturated carbocycles. The lowest BCUT2D eigenvalue weighted by atomic mass is 10.1. The van der Waals surface area contributed by atoms with Gasteiger partial charge in [0.05, 0.1) is 17.7 Å². The van der Waals surface area contributed by atoms with E-state index in [4.69, 9.17) is 16.3 Å². The number of benzene rings is 3. The molecule has 0 aliphatic carbocycles. The van der Waals surface area contributed by atoms with E-state index in [1.54, 1.807) is 55.6 Å². The normalized spacial score (nSPS) is 12.7. The number of carbonyl (C=O) groups is 2. The van der Waals surface area contributed by atoms with E-state index < -0.39 is 28.5 Å². The second-order valence-corrected chi connectivity index (χ2v) is 12.2. The molecule has 0 aliphatic heterocycles. The number of nitrogens with one attached hydrogen (secondary N) is 1. The van der Waals surface area contributed by atoms with Crippen molar-refractivity contribution in [1.82, 2.24) is 10.2 Å². The van der Waals surface area contributed by atoms with E-state index in [1.807, 2.05) is 33.8 Å². The molecule has 0 heterocycles. The molecule has 10 heteroatoms. The molecule has 3 rings (SSSR count). The number of anilines is 1. The number of methoxy groups -OCH3 is 1. The van der Waals surface area contributed by atoms with E-state index >= 15 is 0 Å². The Balaban J connectivity index is 2.07. The summed E-state index contributed by atoms with van der Waals surface area (Å²) in [6.07, 6.45) is 1.06. The molecule has 0 aliphatic rings. The van der Waals surface area contributed by atoms with Crippen LogP contribution >= 0.6 is 11.6 Å². The summed E-state index contributed by atoms with van der Waals surface area (Å²) in [5, 5.41) is 3.30. The number of halogens is 1. The zero-order chi connectivity index (χ0) is 30.2. The number of ether oxygens (including phenoxy) is 1. The van der Waals surface area contributed by atoms with Gasteiger partial charge in [0.15, 0.2) is 0 Å². The highest BCUT2D eigenvalue weighted by Gasteiger charge is 2.34. The maximum Gasteiger partial charge on any atom is 0.264 e. The highest BCUT2D eigenvalue weighted by atomic mass is 35.5. The summed E-state index contributed by atoms with van der Waals surface area (Å²) in [5.41, 5.74) is 1.88. The predicted octanol–water partition coefficient (Wildman–Crippen LogP) is 5.57. The SMILES string of the molecule is CC[C@@H](C)NC(=O)[C@H](CC)N(Cc1cccc(OC)c1)C(=O)CN(c1cccc(Cl)c1)S(=O)(=O)c1ccc(C)cc1. The van der Waals surface area contributed by atoms with Gasteiger partial charge in [-0.1, -0.05) is 61.3 Å². The molecule has 0 fully saturated rings. The van der Waals surface area contributed by atoms with Gasteiger partial charge in [-0.05, 0) is 74.7 Å². The van der Waals surface area contributed by atoms with E-state index in [2.05, 4.69) is 5.32 Å². The van der Waals surface area contributed by atoms with Crippen molar-refractivity contribution in [2.24, 2.45) is 0 Å². The Kier molecular flexibility index (Phi) is 11.2. The maximum atomic E-state index is 14.1. The van der Waals surface area contributed by atoms with Crippen LogP contribution in [0.25, 0.3) is 0 Å². The summed E-state index contributed by atoms with van der Waals surface area (Å²) >= 11 is 6.24. The smallest absolute Gasteiger partial charge is 0.264 e. The molecule has 0 unspecified atom stereocenters. The minimum absolute atomic E-state index is 0.0387. The van der Waals surface area contributed by atoms with Crippen molar-refractivity contribution in [3.63, 3.8) is 0 Å². The third-order valence-electron chi connectivity index (χ3n) is 6.86. The van der Waals surface area contributed by atoms with Crippen molar-refractivity contribution in [3.8, 4) is 5.75 Å². The van der Waals surface area contributed by atoms with Gasteiger partial charge in [-0.15, -0.1) is 0 Å². The third kappa shape index (κ3) is 8.24. The molecular weight excluding hydrogens is 562 g/mol. The molecule has 2 amide bonds. The number of carbonyl (C=O) groups excluding carboxylic acids is 2. The van der Waals surface area contributed by atoms with E-state index in [1.165, 1.54) is 23.1 Å². The summed E-state index contributed by atoms with van der Waals surface area (Å²) in [7, 11) is -2.62. The van der Waals surface area contributed by atoms with Crippen molar-refractivity contribution in [1.29, 1.82) is 0 Å². The molecule has 3 aromatic carbocycles. The lowest BCUT2D eigenvalue weighted by molar-refractivity contribution is -0.140. The molecule has 1 N–H and O–H groups in total. The van der Waals surface area contributed by atoms with Crippen LogP contribution in [0.2, 0.25) is 5.02 Å². The minimum Gasteiger partial charge on any atom is -0.497 e. The molecule has 0 aromatic heterocycles. The summed E-state index contributed by atoms with van der Waals surface area (Å²) in [6.45, 7) is 7.09. The van der Waals surface area contributed by atoms with E-state index in [9.17, 15) is 18.0 Å². The Hall–Kier alpha value is -3.56. The number of amides is 2.